The molecule has 17 heavy (non-hydrogen) atoms. The Labute approximate surface area is 103 Å². The predicted molar refractivity (Wildman–Crippen MR) is 65.7 cm³/mol. The number of aromatic nitrogens is 3. The summed E-state index contributed by atoms with van der Waals surface area (Å²) in [5.41, 5.74) is 1.22. The lowest BCUT2D eigenvalue weighted by Crippen LogP contribution is -2.42. The van der Waals surface area contributed by atoms with Gasteiger partial charge in [-0.15, -0.1) is 5.10 Å². The number of hydrogen-bond acceptors (Lipinski definition) is 4. The summed E-state index contributed by atoms with van der Waals surface area (Å²) in [5, 5.41) is 11.4. The van der Waals surface area contributed by atoms with Crippen LogP contribution in [0.2, 0.25) is 0 Å². The van der Waals surface area contributed by atoms with Gasteiger partial charge < -0.3 is 10.1 Å². The first-order valence-electron chi connectivity index (χ1n) is 6.35. The van der Waals surface area contributed by atoms with Crippen molar-refractivity contribution in [3.8, 4) is 0 Å². The van der Waals surface area contributed by atoms with Crippen LogP contribution in [0.25, 0.3) is 0 Å². The summed E-state index contributed by atoms with van der Waals surface area (Å²) in [4.78, 5) is 0. The van der Waals surface area contributed by atoms with Crippen LogP contribution >= 0.6 is 0 Å². The number of methoxy groups -OCH3 is 1. The van der Waals surface area contributed by atoms with Gasteiger partial charge in [0.15, 0.2) is 0 Å². The molecule has 0 amide bonds. The van der Waals surface area contributed by atoms with Gasteiger partial charge in [-0.1, -0.05) is 5.21 Å². The third-order valence-corrected chi connectivity index (χ3v) is 3.93. The van der Waals surface area contributed by atoms with Crippen molar-refractivity contribution in [3.63, 3.8) is 0 Å². The number of hydrogen-bond donors (Lipinski definition) is 1. The minimum Gasteiger partial charge on any atom is -0.378 e. The number of aryl methyl sites for hydroxylation is 1. The summed E-state index contributed by atoms with van der Waals surface area (Å²) >= 11 is 0. The summed E-state index contributed by atoms with van der Waals surface area (Å²) in [6.07, 6.45) is 6.44. The Morgan fingerprint density at radius 3 is 2.82 bits per heavy atom. The van der Waals surface area contributed by atoms with Crippen LogP contribution in [0.3, 0.4) is 0 Å². The number of nitrogens with one attached hydrogen (secondary N) is 1. The quantitative estimate of drug-likeness (QED) is 0.816. The largest absolute Gasteiger partial charge is 0.378 e. The van der Waals surface area contributed by atoms with Gasteiger partial charge in [-0.2, -0.15) is 0 Å². The van der Waals surface area contributed by atoms with Crippen LogP contribution < -0.4 is 5.32 Å². The van der Waals surface area contributed by atoms with E-state index >= 15 is 0 Å². The first-order chi connectivity index (χ1) is 8.24. The van der Waals surface area contributed by atoms with E-state index in [4.69, 9.17) is 4.74 Å². The summed E-state index contributed by atoms with van der Waals surface area (Å²) in [7, 11) is 3.81. The lowest BCUT2D eigenvalue weighted by molar-refractivity contribution is -0.0838. The van der Waals surface area contributed by atoms with E-state index in [2.05, 4.69) is 22.6 Å². The molecule has 0 bridgehead atoms. The van der Waals surface area contributed by atoms with E-state index in [0.717, 1.165) is 31.5 Å². The van der Waals surface area contributed by atoms with E-state index in [1.54, 1.807) is 0 Å². The van der Waals surface area contributed by atoms with Crippen LogP contribution in [-0.4, -0.2) is 34.8 Å². The van der Waals surface area contributed by atoms with Gasteiger partial charge in [-0.3, -0.25) is 0 Å². The maximum atomic E-state index is 5.69. The third-order valence-electron chi connectivity index (χ3n) is 3.93. The molecule has 0 saturated heterocycles. The number of nitrogens with zero attached hydrogens (tertiary/aromatic N) is 3. The molecule has 1 fully saturated rings. The third kappa shape index (κ3) is 2.35. The van der Waals surface area contributed by atoms with E-state index in [0.29, 0.717) is 0 Å². The van der Waals surface area contributed by atoms with Crippen LogP contribution in [-0.2, 0) is 11.3 Å². The topological polar surface area (TPSA) is 52.0 Å². The normalized spacial score (nSPS) is 19.9. The average Bonchev–Trinajstić information content (AvgIpc) is 2.77. The predicted octanol–water partition coefficient (Wildman–Crippen LogP) is 1.52. The highest BCUT2D eigenvalue weighted by atomic mass is 16.5. The molecule has 0 spiro atoms. The second-order valence-corrected chi connectivity index (χ2v) is 4.76. The van der Waals surface area contributed by atoms with Gasteiger partial charge in [0.1, 0.15) is 0 Å². The Hall–Kier alpha value is -0.940. The molecule has 0 radical (unpaired) electrons. The highest BCUT2D eigenvalue weighted by Crippen LogP contribution is 2.41. The molecule has 1 aliphatic carbocycles. The van der Waals surface area contributed by atoms with E-state index < -0.39 is 0 Å². The molecule has 1 saturated carbocycles. The maximum absolute atomic E-state index is 5.69. The first-order valence-corrected chi connectivity index (χ1v) is 6.35. The molecule has 0 aliphatic heterocycles. The van der Waals surface area contributed by atoms with Gasteiger partial charge in [0.2, 0.25) is 0 Å². The minimum atomic E-state index is 0.0660. The first kappa shape index (κ1) is 12.5. The van der Waals surface area contributed by atoms with Crippen molar-refractivity contribution in [1.29, 1.82) is 0 Å². The van der Waals surface area contributed by atoms with Crippen molar-refractivity contribution < 1.29 is 4.74 Å². The molecule has 1 aliphatic rings. The number of rotatable bonds is 6. The van der Waals surface area contributed by atoms with Gasteiger partial charge >= 0.3 is 0 Å². The van der Waals surface area contributed by atoms with Crippen molar-refractivity contribution in [2.24, 2.45) is 0 Å². The molecule has 5 nitrogen and oxygen atoms in total. The van der Waals surface area contributed by atoms with Gasteiger partial charge in [0.05, 0.1) is 23.5 Å². The smallest absolute Gasteiger partial charge is 0.0757 e. The molecule has 1 aromatic heterocycles. The Kier molecular flexibility index (Phi) is 3.79. The molecular weight excluding hydrogens is 216 g/mol. The molecule has 96 valence electrons. The molecule has 1 atom stereocenters. The Bertz CT molecular complexity index is 354. The van der Waals surface area contributed by atoms with Crippen molar-refractivity contribution in [2.45, 2.75) is 50.8 Å². The Balaban J connectivity index is 2.11. The summed E-state index contributed by atoms with van der Waals surface area (Å²) < 4.78 is 7.64. The number of ether oxygens (including phenoxy) is 1. The maximum Gasteiger partial charge on any atom is 0.0757 e. The van der Waals surface area contributed by atoms with Crippen molar-refractivity contribution in [3.05, 3.63) is 11.9 Å². The fourth-order valence-corrected chi connectivity index (χ4v) is 2.57. The van der Waals surface area contributed by atoms with Gasteiger partial charge in [-0.05, 0) is 39.7 Å². The van der Waals surface area contributed by atoms with Crippen LogP contribution in [0.15, 0.2) is 6.20 Å². The lowest BCUT2D eigenvalue weighted by Gasteiger charge is -2.42. The second kappa shape index (κ2) is 5.14. The molecule has 1 aromatic rings. The van der Waals surface area contributed by atoms with Gasteiger partial charge in [-0.25, -0.2) is 4.68 Å². The Morgan fingerprint density at radius 1 is 1.59 bits per heavy atom. The summed E-state index contributed by atoms with van der Waals surface area (Å²) in [6.45, 7) is 2.94. The van der Waals surface area contributed by atoms with Crippen LogP contribution in [0.1, 0.15) is 44.3 Å². The molecule has 1 unspecified atom stereocenters. The summed E-state index contributed by atoms with van der Waals surface area (Å²) in [5.74, 6) is 0. The zero-order valence-corrected chi connectivity index (χ0v) is 10.9. The standard InChI is InChI=1S/C12H22N4O/c1-4-16-11(9-14-15-16)10(13-2)8-12(17-3)6-5-7-12/h9-10,13H,4-8H2,1-3H3. The molecule has 5 heteroatoms. The Morgan fingerprint density at radius 2 is 2.35 bits per heavy atom. The van der Waals surface area contributed by atoms with Gasteiger partial charge in [0.25, 0.3) is 0 Å². The average molecular weight is 238 g/mol. The van der Waals surface area contributed by atoms with E-state index in [1.807, 2.05) is 25.0 Å². The zero-order chi connectivity index (χ0) is 12.3. The van der Waals surface area contributed by atoms with Gasteiger partial charge in [0, 0.05) is 13.7 Å². The van der Waals surface area contributed by atoms with E-state index in [1.165, 1.54) is 6.42 Å². The van der Waals surface area contributed by atoms with Crippen LogP contribution in [0, 0.1) is 0 Å². The van der Waals surface area contributed by atoms with Crippen molar-refractivity contribution >= 4 is 0 Å². The van der Waals surface area contributed by atoms with Crippen LogP contribution in [0.5, 0.6) is 0 Å². The lowest BCUT2D eigenvalue weighted by atomic mass is 9.75. The molecule has 0 aromatic carbocycles. The van der Waals surface area contributed by atoms with Crippen molar-refractivity contribution in [2.75, 3.05) is 14.2 Å². The monoisotopic (exact) mass is 238 g/mol. The minimum absolute atomic E-state index is 0.0660. The second-order valence-electron chi connectivity index (χ2n) is 4.76. The zero-order valence-electron chi connectivity index (χ0n) is 10.9. The van der Waals surface area contributed by atoms with Crippen molar-refractivity contribution in [1.82, 2.24) is 20.3 Å². The van der Waals surface area contributed by atoms with E-state index in [9.17, 15) is 0 Å². The van der Waals surface area contributed by atoms with Crippen LogP contribution in [0.4, 0.5) is 0 Å². The molecule has 1 N–H and O–H groups in total. The highest BCUT2D eigenvalue weighted by molar-refractivity contribution is 5.06. The fraction of sp³-hybridized carbons (Fsp3) is 0.833. The molecule has 1 heterocycles. The molecule has 2 rings (SSSR count). The SMILES string of the molecule is CCn1nncc1C(CC1(OC)CCC1)NC. The fourth-order valence-electron chi connectivity index (χ4n) is 2.57. The molecular formula is C12H22N4O. The summed E-state index contributed by atoms with van der Waals surface area (Å²) in [6, 6.07) is 0.269. The van der Waals surface area contributed by atoms with E-state index in [-0.39, 0.29) is 11.6 Å². The highest BCUT2D eigenvalue weighted by Gasteiger charge is 2.39.